The first-order valence-corrected chi connectivity index (χ1v) is 22.7. The van der Waals surface area contributed by atoms with Crippen LogP contribution in [0.25, 0.3) is 0 Å². The highest BCUT2D eigenvalue weighted by molar-refractivity contribution is 6.04. The predicted molar refractivity (Wildman–Crippen MR) is 238 cm³/mol. The molecular formula is C51H60N2O12. The number of esters is 3. The topological polar surface area (TPSA) is 179 Å². The van der Waals surface area contributed by atoms with Gasteiger partial charge in [-0.05, 0) is 140 Å². The van der Waals surface area contributed by atoms with E-state index in [2.05, 4.69) is 44.0 Å². The summed E-state index contributed by atoms with van der Waals surface area (Å²) in [4.78, 5) is 56.8. The Bertz CT molecular complexity index is 2490. The highest BCUT2D eigenvalue weighted by atomic mass is 16.7. The zero-order valence-electron chi connectivity index (χ0n) is 38.5. The van der Waals surface area contributed by atoms with Gasteiger partial charge in [-0.2, -0.15) is 0 Å². The number of hydrogen-bond donors (Lipinski definition) is 3. The number of rotatable bonds is 13. The first-order valence-electron chi connectivity index (χ1n) is 22.7. The minimum absolute atomic E-state index is 0.00582. The van der Waals surface area contributed by atoms with Crippen LogP contribution >= 0.6 is 0 Å². The second kappa shape index (κ2) is 15.9. The number of anilines is 1. The van der Waals surface area contributed by atoms with Crippen molar-refractivity contribution in [1.82, 2.24) is 4.90 Å². The second-order valence-corrected chi connectivity index (χ2v) is 20.6. The second-order valence-electron chi connectivity index (χ2n) is 20.6. The molecule has 65 heavy (non-hydrogen) atoms. The Morgan fingerprint density at radius 2 is 1.54 bits per heavy atom. The van der Waals surface area contributed by atoms with Crippen molar-refractivity contribution in [2.75, 3.05) is 32.9 Å². The molecule has 2 fully saturated rings. The minimum Gasteiger partial charge on any atom is -0.497 e. The number of hydrogen-bond acceptors (Lipinski definition) is 13. The van der Waals surface area contributed by atoms with E-state index in [1.165, 1.54) is 25.3 Å². The number of piperidine rings is 1. The molecule has 346 valence electrons. The molecule has 0 bridgehead atoms. The third kappa shape index (κ3) is 7.64. The first kappa shape index (κ1) is 44.7. The van der Waals surface area contributed by atoms with Crippen LogP contribution in [0.5, 0.6) is 11.5 Å². The number of nitrogens with one attached hydrogen (secondary N) is 1. The molecule has 3 aromatic carbocycles. The lowest BCUT2D eigenvalue weighted by Crippen LogP contribution is -2.50. The monoisotopic (exact) mass is 892 g/mol. The van der Waals surface area contributed by atoms with E-state index < -0.39 is 59.3 Å². The number of carbonyl (C=O) groups is 4. The number of fused-ring (bicyclic) bond motifs is 5. The Balaban J connectivity index is 0.977. The lowest BCUT2D eigenvalue weighted by Gasteiger charge is -2.42. The third-order valence-electron chi connectivity index (χ3n) is 15.0. The fourth-order valence-electron chi connectivity index (χ4n) is 11.5. The van der Waals surface area contributed by atoms with Crippen molar-refractivity contribution in [1.29, 1.82) is 0 Å². The number of carbonyl (C=O) groups excluding carboxylic acids is 4. The molecule has 14 heteroatoms. The molecule has 9 rings (SSSR count). The fraction of sp³-hybridized carbons (Fsp3) is 0.529. The van der Waals surface area contributed by atoms with E-state index in [1.807, 2.05) is 24.3 Å². The molecule has 0 aromatic heterocycles. The summed E-state index contributed by atoms with van der Waals surface area (Å²) in [7, 11) is 2.70. The van der Waals surface area contributed by atoms with Crippen molar-refractivity contribution in [3.8, 4) is 11.5 Å². The van der Waals surface area contributed by atoms with Crippen molar-refractivity contribution in [2.24, 2.45) is 5.92 Å². The molecule has 6 aliphatic rings. The van der Waals surface area contributed by atoms with Crippen LogP contribution in [0.15, 0.2) is 65.9 Å². The Morgan fingerprint density at radius 1 is 0.862 bits per heavy atom. The number of benzene rings is 3. The molecule has 3 aromatic rings. The maximum atomic E-state index is 14.3. The quantitative estimate of drug-likeness (QED) is 0.118. The molecule has 1 saturated heterocycles. The van der Waals surface area contributed by atoms with Gasteiger partial charge >= 0.3 is 17.9 Å². The van der Waals surface area contributed by atoms with Crippen molar-refractivity contribution in [3.05, 3.63) is 99.3 Å². The average Bonchev–Trinajstić information content (AvgIpc) is 3.53. The summed E-state index contributed by atoms with van der Waals surface area (Å²) in [6.07, 6.45) is 1.05. The van der Waals surface area contributed by atoms with Gasteiger partial charge in [-0.3, -0.25) is 14.5 Å². The van der Waals surface area contributed by atoms with Crippen LogP contribution in [-0.4, -0.2) is 95.6 Å². The molecule has 3 aliphatic carbocycles. The van der Waals surface area contributed by atoms with Crippen molar-refractivity contribution < 1.29 is 57.8 Å². The Hall–Kier alpha value is -5.44. The molecule has 1 saturated carbocycles. The van der Waals surface area contributed by atoms with Gasteiger partial charge in [0.15, 0.2) is 29.4 Å². The molecule has 6 atom stereocenters. The van der Waals surface area contributed by atoms with Gasteiger partial charge in [-0.15, -0.1) is 0 Å². The molecule has 3 N–H and O–H groups in total. The lowest BCUT2D eigenvalue weighted by molar-refractivity contribution is -0.179. The zero-order chi connectivity index (χ0) is 46.4. The molecule has 14 nitrogen and oxygen atoms in total. The Morgan fingerprint density at radius 3 is 2.22 bits per heavy atom. The molecule has 3 heterocycles. The number of ether oxygens (including phenoxy) is 6. The minimum atomic E-state index is -2.25. The molecule has 1 spiro atoms. The van der Waals surface area contributed by atoms with E-state index >= 15 is 0 Å². The van der Waals surface area contributed by atoms with Crippen molar-refractivity contribution in [2.45, 2.75) is 139 Å². The van der Waals surface area contributed by atoms with Crippen LogP contribution in [0.2, 0.25) is 0 Å². The summed E-state index contributed by atoms with van der Waals surface area (Å²) in [5.41, 5.74) is 2.33. The van der Waals surface area contributed by atoms with Gasteiger partial charge in [-0.1, -0.05) is 33.8 Å². The summed E-state index contributed by atoms with van der Waals surface area (Å²) in [5, 5.41) is 25.2. The number of methoxy groups -OCH3 is 2. The van der Waals surface area contributed by atoms with Crippen LogP contribution in [0.4, 0.5) is 5.69 Å². The lowest BCUT2D eigenvalue weighted by atomic mass is 9.63. The molecular weight excluding hydrogens is 833 g/mol. The molecule has 3 aliphatic heterocycles. The van der Waals surface area contributed by atoms with E-state index in [9.17, 15) is 29.4 Å². The normalized spacial score (nSPS) is 26.1. The SMILES string of the molecule is COC(=O)CC(O)(CCCC(C)(C)O)C(=O)O[C@@H]1C(OC)=C2C3CCN4C(OC(=O)c5ccc(NC(=O)c6ccc7c(c6)C(C)(C)CCC7(C)C)cc5)Cc5cc6c(cc5[C@H]1[C@@]234)OCO6. The summed E-state index contributed by atoms with van der Waals surface area (Å²) in [6, 6.07) is 16.4. The smallest absolute Gasteiger partial charge is 0.339 e. The Labute approximate surface area is 379 Å². The maximum Gasteiger partial charge on any atom is 0.339 e. The van der Waals surface area contributed by atoms with Gasteiger partial charge in [0.1, 0.15) is 5.76 Å². The summed E-state index contributed by atoms with van der Waals surface area (Å²) >= 11 is 0. The number of amides is 1. The van der Waals surface area contributed by atoms with Crippen LogP contribution in [0.3, 0.4) is 0 Å². The van der Waals surface area contributed by atoms with E-state index in [0.29, 0.717) is 40.6 Å². The van der Waals surface area contributed by atoms with Crippen LogP contribution in [-0.2, 0) is 45.8 Å². The summed E-state index contributed by atoms with van der Waals surface area (Å²) in [5.74, 6) is -1.64. The van der Waals surface area contributed by atoms with E-state index in [-0.39, 0.29) is 55.1 Å². The van der Waals surface area contributed by atoms with E-state index in [4.69, 9.17) is 28.4 Å². The average molecular weight is 893 g/mol. The number of aliphatic hydroxyl groups is 2. The van der Waals surface area contributed by atoms with Gasteiger partial charge in [-0.25, -0.2) is 9.59 Å². The largest absolute Gasteiger partial charge is 0.497 e. The van der Waals surface area contributed by atoms with Crippen molar-refractivity contribution in [3.63, 3.8) is 0 Å². The standard InChI is InChI=1S/C51H60N2O12/c1-47(2)19-20-48(3,4)35-22-29(12-15-33(35)47)44(55)52-31-13-10-28(11-14-31)45(56)64-38-24-30-23-36-37(63-27-62-36)25-32(30)40-43(42(61-8)41-34-16-21-53(38)51(34,40)41)65-46(57)50(59,26-39(54)60-7)18-9-17-49(5,6)58/h10-15,22-23,25,34,38,40,43,58-59H,9,16-21,24,26-27H2,1-8H3,(H,52,55)/t34?,38?,40-,43+,50?,51-/m1/s1. The van der Waals surface area contributed by atoms with Crippen molar-refractivity contribution >= 4 is 29.5 Å². The highest BCUT2D eigenvalue weighted by Crippen LogP contribution is 2.75. The Kier molecular flexibility index (Phi) is 10.9. The highest BCUT2D eigenvalue weighted by Gasteiger charge is 2.80. The van der Waals surface area contributed by atoms with Gasteiger partial charge in [0, 0.05) is 30.1 Å². The molecule has 0 radical (unpaired) electrons. The van der Waals surface area contributed by atoms with E-state index in [1.54, 1.807) is 38.1 Å². The van der Waals surface area contributed by atoms with Crippen LogP contribution in [0.1, 0.15) is 135 Å². The van der Waals surface area contributed by atoms with Gasteiger partial charge in [0.25, 0.3) is 5.91 Å². The molecule has 3 unspecified atom stereocenters. The summed E-state index contributed by atoms with van der Waals surface area (Å²) in [6.45, 7) is 12.8. The third-order valence-corrected chi connectivity index (χ3v) is 15.0. The van der Waals surface area contributed by atoms with Crippen LogP contribution in [0, 0.1) is 5.92 Å². The van der Waals surface area contributed by atoms with E-state index in [0.717, 1.165) is 36.0 Å². The first-order chi connectivity index (χ1) is 30.7. The maximum absolute atomic E-state index is 14.3. The van der Waals surface area contributed by atoms with Crippen LogP contribution < -0.4 is 14.8 Å². The fourth-order valence-corrected chi connectivity index (χ4v) is 11.5. The van der Waals surface area contributed by atoms with Gasteiger partial charge < -0.3 is 44.0 Å². The number of nitrogens with zero attached hydrogens (tertiary/aromatic N) is 1. The summed E-state index contributed by atoms with van der Waals surface area (Å²) < 4.78 is 35.4. The van der Waals surface area contributed by atoms with Gasteiger partial charge in [0.2, 0.25) is 6.79 Å². The van der Waals surface area contributed by atoms with Gasteiger partial charge in [0.05, 0.1) is 43.3 Å². The molecule has 1 amide bonds. The predicted octanol–water partition coefficient (Wildman–Crippen LogP) is 6.98. The zero-order valence-corrected chi connectivity index (χ0v) is 38.5.